The molecule has 21 heavy (non-hydrogen) atoms. The van der Waals surface area contributed by atoms with Crippen LogP contribution in [0.15, 0.2) is 51.8 Å². The van der Waals surface area contributed by atoms with Gasteiger partial charge in [0.05, 0.1) is 0 Å². The molecule has 110 valence electrons. The van der Waals surface area contributed by atoms with Gasteiger partial charge in [0.15, 0.2) is 0 Å². The summed E-state index contributed by atoms with van der Waals surface area (Å²) in [6.45, 7) is 4.58. The van der Waals surface area contributed by atoms with Crippen molar-refractivity contribution in [3.63, 3.8) is 0 Å². The Bertz CT molecular complexity index is 614. The normalized spacial score (nSPS) is 11.0. The molecular weight excluding hydrogens is 282 g/mol. The van der Waals surface area contributed by atoms with Gasteiger partial charge in [-0.1, -0.05) is 17.7 Å². The van der Waals surface area contributed by atoms with Crippen molar-refractivity contribution in [2.24, 2.45) is 0 Å². The molecule has 2 rings (SSSR count). The number of hydrogen-bond donors (Lipinski definition) is 1. The van der Waals surface area contributed by atoms with E-state index in [2.05, 4.69) is 36.5 Å². The van der Waals surface area contributed by atoms with E-state index in [1.807, 2.05) is 19.1 Å². The van der Waals surface area contributed by atoms with Crippen molar-refractivity contribution in [3.05, 3.63) is 59.6 Å². The van der Waals surface area contributed by atoms with Gasteiger partial charge in [-0.15, -0.1) is 11.8 Å². The number of carbonyl (C=O) groups is 1. The molecule has 2 aromatic rings. The highest BCUT2D eigenvalue weighted by Crippen LogP contribution is 2.17. The third-order valence-corrected chi connectivity index (χ3v) is 3.86. The summed E-state index contributed by atoms with van der Waals surface area (Å²) in [5, 5.41) is 2.85. The summed E-state index contributed by atoms with van der Waals surface area (Å²) in [4.78, 5) is 12.8. The number of nitrogens with one attached hydrogen (secondary N) is 1. The van der Waals surface area contributed by atoms with Gasteiger partial charge in [-0.2, -0.15) is 0 Å². The first kappa shape index (κ1) is 15.4. The number of hydrogen-bond acceptors (Lipinski definition) is 3. The van der Waals surface area contributed by atoms with Gasteiger partial charge < -0.3 is 9.73 Å². The molecule has 0 atom stereocenters. The zero-order valence-corrected chi connectivity index (χ0v) is 13.1. The Kier molecular flexibility index (Phi) is 5.69. The van der Waals surface area contributed by atoms with Crippen LogP contribution in [0.3, 0.4) is 0 Å². The SMILES string of the molecule is Cc1ccc(SCCNC(=O)/C=C/c2ccc(C)o2)cc1. The third-order valence-electron chi connectivity index (χ3n) is 2.85. The van der Waals surface area contributed by atoms with E-state index in [1.165, 1.54) is 16.5 Å². The Labute approximate surface area is 129 Å². The molecule has 0 fully saturated rings. The minimum Gasteiger partial charge on any atom is -0.462 e. The highest BCUT2D eigenvalue weighted by molar-refractivity contribution is 7.99. The maximum atomic E-state index is 11.6. The summed E-state index contributed by atoms with van der Waals surface area (Å²) in [7, 11) is 0. The number of benzene rings is 1. The van der Waals surface area contributed by atoms with Crippen LogP contribution in [0, 0.1) is 13.8 Å². The number of aryl methyl sites for hydroxylation is 2. The molecule has 4 heteroatoms. The summed E-state index contributed by atoms with van der Waals surface area (Å²) in [5.74, 6) is 2.28. The fourth-order valence-corrected chi connectivity index (χ4v) is 2.51. The number of rotatable bonds is 6. The third kappa shape index (κ3) is 5.52. The van der Waals surface area contributed by atoms with Crippen molar-refractivity contribution in [1.29, 1.82) is 0 Å². The highest BCUT2D eigenvalue weighted by atomic mass is 32.2. The van der Waals surface area contributed by atoms with E-state index >= 15 is 0 Å². The van der Waals surface area contributed by atoms with Crippen LogP contribution in [-0.2, 0) is 4.79 Å². The molecule has 1 aromatic carbocycles. The van der Waals surface area contributed by atoms with Crippen LogP contribution in [0.1, 0.15) is 17.1 Å². The van der Waals surface area contributed by atoms with Crippen LogP contribution in [0.2, 0.25) is 0 Å². The highest BCUT2D eigenvalue weighted by Gasteiger charge is 1.98. The Hall–Kier alpha value is -1.94. The van der Waals surface area contributed by atoms with Crippen LogP contribution in [0.25, 0.3) is 6.08 Å². The molecule has 0 spiro atoms. The van der Waals surface area contributed by atoms with Gasteiger partial charge in [0.25, 0.3) is 0 Å². The molecule has 1 amide bonds. The largest absolute Gasteiger partial charge is 0.462 e. The lowest BCUT2D eigenvalue weighted by Gasteiger charge is -2.03. The Balaban J connectivity index is 1.67. The van der Waals surface area contributed by atoms with Crippen molar-refractivity contribution >= 4 is 23.7 Å². The second-order valence-electron chi connectivity index (χ2n) is 4.73. The molecule has 3 nitrogen and oxygen atoms in total. The van der Waals surface area contributed by atoms with Gasteiger partial charge in [0.1, 0.15) is 11.5 Å². The molecule has 0 aliphatic rings. The lowest BCUT2D eigenvalue weighted by atomic mass is 10.2. The van der Waals surface area contributed by atoms with Crippen LogP contribution in [0.4, 0.5) is 0 Å². The zero-order valence-electron chi connectivity index (χ0n) is 12.3. The standard InChI is InChI=1S/C17H19NO2S/c1-13-3-8-16(9-4-13)21-12-11-18-17(19)10-7-15-6-5-14(2)20-15/h3-10H,11-12H2,1-2H3,(H,18,19)/b10-7+. The van der Waals surface area contributed by atoms with E-state index in [0.717, 1.165) is 11.5 Å². The average molecular weight is 301 g/mol. The maximum Gasteiger partial charge on any atom is 0.244 e. The van der Waals surface area contributed by atoms with Gasteiger partial charge >= 0.3 is 0 Å². The molecule has 0 aliphatic carbocycles. The molecule has 0 saturated heterocycles. The van der Waals surface area contributed by atoms with E-state index < -0.39 is 0 Å². The first-order chi connectivity index (χ1) is 10.1. The molecule has 0 saturated carbocycles. The average Bonchev–Trinajstić information content (AvgIpc) is 2.89. The number of amides is 1. The molecule has 1 heterocycles. The topological polar surface area (TPSA) is 42.2 Å². The second kappa shape index (κ2) is 7.74. The first-order valence-electron chi connectivity index (χ1n) is 6.85. The molecule has 1 N–H and O–H groups in total. The minimum absolute atomic E-state index is 0.103. The van der Waals surface area contributed by atoms with Gasteiger partial charge in [-0.05, 0) is 44.2 Å². The van der Waals surface area contributed by atoms with Crippen molar-refractivity contribution in [2.75, 3.05) is 12.3 Å². The van der Waals surface area contributed by atoms with Gasteiger partial charge in [-0.3, -0.25) is 4.79 Å². The van der Waals surface area contributed by atoms with Crippen LogP contribution in [0.5, 0.6) is 0 Å². The van der Waals surface area contributed by atoms with E-state index in [9.17, 15) is 4.79 Å². The number of furan rings is 1. The fourth-order valence-electron chi connectivity index (χ4n) is 1.74. The molecule has 1 aromatic heterocycles. The van der Waals surface area contributed by atoms with Crippen molar-refractivity contribution in [2.45, 2.75) is 18.7 Å². The predicted octanol–water partition coefficient (Wildman–Crippen LogP) is 3.82. The molecule has 0 bridgehead atoms. The van der Waals surface area contributed by atoms with E-state index in [4.69, 9.17) is 4.42 Å². The van der Waals surface area contributed by atoms with E-state index in [-0.39, 0.29) is 5.91 Å². The number of thioether (sulfide) groups is 1. The minimum atomic E-state index is -0.103. The maximum absolute atomic E-state index is 11.6. The number of carbonyl (C=O) groups excluding carboxylic acids is 1. The Morgan fingerprint density at radius 3 is 2.62 bits per heavy atom. The summed E-state index contributed by atoms with van der Waals surface area (Å²) in [6.07, 6.45) is 3.17. The predicted molar refractivity (Wildman–Crippen MR) is 87.4 cm³/mol. The van der Waals surface area contributed by atoms with E-state index in [1.54, 1.807) is 17.8 Å². The van der Waals surface area contributed by atoms with E-state index in [0.29, 0.717) is 12.3 Å². The van der Waals surface area contributed by atoms with Gasteiger partial charge in [0, 0.05) is 23.3 Å². The first-order valence-corrected chi connectivity index (χ1v) is 7.84. The van der Waals surface area contributed by atoms with Gasteiger partial charge in [-0.25, -0.2) is 0 Å². The van der Waals surface area contributed by atoms with Crippen molar-refractivity contribution in [1.82, 2.24) is 5.32 Å². The molecular formula is C17H19NO2S. The lowest BCUT2D eigenvalue weighted by molar-refractivity contribution is -0.116. The zero-order chi connectivity index (χ0) is 15.1. The summed E-state index contributed by atoms with van der Waals surface area (Å²) >= 11 is 1.73. The molecule has 0 radical (unpaired) electrons. The quantitative estimate of drug-likeness (QED) is 0.501. The van der Waals surface area contributed by atoms with Crippen molar-refractivity contribution in [3.8, 4) is 0 Å². The van der Waals surface area contributed by atoms with Gasteiger partial charge in [0.2, 0.25) is 5.91 Å². The monoisotopic (exact) mass is 301 g/mol. The molecule has 0 aliphatic heterocycles. The summed E-state index contributed by atoms with van der Waals surface area (Å²) in [5.41, 5.74) is 1.26. The van der Waals surface area contributed by atoms with Crippen molar-refractivity contribution < 1.29 is 9.21 Å². The fraction of sp³-hybridized carbons (Fsp3) is 0.235. The summed E-state index contributed by atoms with van der Waals surface area (Å²) < 4.78 is 5.36. The van der Waals surface area contributed by atoms with Crippen LogP contribution < -0.4 is 5.32 Å². The van der Waals surface area contributed by atoms with Crippen LogP contribution in [-0.4, -0.2) is 18.2 Å². The second-order valence-corrected chi connectivity index (χ2v) is 5.90. The molecule has 0 unspecified atom stereocenters. The Morgan fingerprint density at radius 1 is 1.19 bits per heavy atom. The Morgan fingerprint density at radius 2 is 1.95 bits per heavy atom. The summed E-state index contributed by atoms with van der Waals surface area (Å²) in [6, 6.07) is 12.1. The smallest absolute Gasteiger partial charge is 0.244 e. The van der Waals surface area contributed by atoms with Crippen LogP contribution >= 0.6 is 11.8 Å². The lowest BCUT2D eigenvalue weighted by Crippen LogP contribution is -2.23.